The number of benzene rings is 2. The molecular formula is C23H18F2N4O2. The van der Waals surface area contributed by atoms with Crippen LogP contribution in [0.1, 0.15) is 28.8 Å². The van der Waals surface area contributed by atoms with Gasteiger partial charge in [-0.05, 0) is 49.1 Å². The number of halogens is 2. The summed E-state index contributed by atoms with van der Waals surface area (Å²) in [6.45, 7) is 1.88. The minimum absolute atomic E-state index is 0.0719. The van der Waals surface area contributed by atoms with Crippen LogP contribution in [0, 0.1) is 18.6 Å². The Bertz CT molecular complexity index is 1310. The Balaban J connectivity index is 1.47. The predicted octanol–water partition coefficient (Wildman–Crippen LogP) is 4.67. The number of aryl methyl sites for hydroxylation is 1. The van der Waals surface area contributed by atoms with Crippen LogP contribution >= 0.6 is 0 Å². The summed E-state index contributed by atoms with van der Waals surface area (Å²) in [6.07, 6.45) is 5.35. The van der Waals surface area contributed by atoms with Crippen LogP contribution in [0.3, 0.4) is 0 Å². The van der Waals surface area contributed by atoms with E-state index in [1.165, 1.54) is 18.2 Å². The van der Waals surface area contributed by atoms with E-state index in [9.17, 15) is 13.6 Å². The quantitative estimate of drug-likeness (QED) is 0.510. The van der Waals surface area contributed by atoms with Crippen LogP contribution in [-0.2, 0) is 0 Å². The van der Waals surface area contributed by atoms with Crippen LogP contribution in [0.15, 0.2) is 54.9 Å². The summed E-state index contributed by atoms with van der Waals surface area (Å²) in [6, 6.07) is 11.0. The third-order valence-corrected chi connectivity index (χ3v) is 5.17. The summed E-state index contributed by atoms with van der Waals surface area (Å²) in [4.78, 5) is 16.8. The molecule has 1 aliphatic rings. The van der Waals surface area contributed by atoms with Gasteiger partial charge < -0.3 is 10.1 Å². The summed E-state index contributed by atoms with van der Waals surface area (Å²) in [5.41, 5.74) is 3.51. The van der Waals surface area contributed by atoms with E-state index in [0.717, 1.165) is 35.6 Å². The van der Waals surface area contributed by atoms with Gasteiger partial charge in [0.2, 0.25) is 11.7 Å². The first-order chi connectivity index (χ1) is 15.0. The van der Waals surface area contributed by atoms with Gasteiger partial charge in [0.25, 0.3) is 5.91 Å². The number of hydrogen-bond donors (Lipinski definition) is 1. The molecule has 0 bridgehead atoms. The van der Waals surface area contributed by atoms with E-state index in [4.69, 9.17) is 4.74 Å². The van der Waals surface area contributed by atoms with Crippen molar-refractivity contribution in [1.82, 2.24) is 19.9 Å². The molecule has 1 N–H and O–H groups in total. The average molecular weight is 420 g/mol. The van der Waals surface area contributed by atoms with Crippen molar-refractivity contribution in [2.45, 2.75) is 25.8 Å². The van der Waals surface area contributed by atoms with Gasteiger partial charge in [-0.2, -0.15) is 14.5 Å². The Kier molecular flexibility index (Phi) is 4.62. The molecule has 1 amide bonds. The van der Waals surface area contributed by atoms with Crippen LogP contribution in [0.2, 0.25) is 0 Å². The molecular weight excluding hydrogens is 402 g/mol. The van der Waals surface area contributed by atoms with Gasteiger partial charge in [0.1, 0.15) is 0 Å². The highest BCUT2D eigenvalue weighted by atomic mass is 19.2. The van der Waals surface area contributed by atoms with Gasteiger partial charge >= 0.3 is 0 Å². The summed E-state index contributed by atoms with van der Waals surface area (Å²) in [7, 11) is 0. The van der Waals surface area contributed by atoms with Crippen LogP contribution < -0.4 is 10.1 Å². The maximum atomic E-state index is 13.9. The average Bonchev–Trinajstić information content (AvgIpc) is 3.47. The van der Waals surface area contributed by atoms with Crippen molar-refractivity contribution in [2.24, 2.45) is 0 Å². The monoisotopic (exact) mass is 420 g/mol. The highest BCUT2D eigenvalue weighted by molar-refractivity contribution is 5.96. The van der Waals surface area contributed by atoms with Gasteiger partial charge in [-0.1, -0.05) is 18.2 Å². The lowest BCUT2D eigenvalue weighted by molar-refractivity contribution is 0.0950. The molecule has 2 heterocycles. The normalized spacial score (nSPS) is 13.4. The van der Waals surface area contributed by atoms with Crippen molar-refractivity contribution in [3.05, 3.63) is 77.6 Å². The second-order valence-corrected chi connectivity index (χ2v) is 7.52. The third-order valence-electron chi connectivity index (χ3n) is 5.17. The Morgan fingerprint density at radius 3 is 2.81 bits per heavy atom. The summed E-state index contributed by atoms with van der Waals surface area (Å²) in [5.74, 6) is -2.29. The van der Waals surface area contributed by atoms with Gasteiger partial charge in [0.05, 0.1) is 6.20 Å². The van der Waals surface area contributed by atoms with E-state index >= 15 is 0 Å². The smallest absolute Gasteiger partial charge is 0.251 e. The molecule has 5 rings (SSSR count). The number of fused-ring (bicyclic) bond motifs is 1. The summed E-state index contributed by atoms with van der Waals surface area (Å²) < 4.78 is 34.4. The Hall–Kier alpha value is -3.81. The van der Waals surface area contributed by atoms with E-state index in [-0.39, 0.29) is 23.6 Å². The van der Waals surface area contributed by atoms with Crippen molar-refractivity contribution in [3.63, 3.8) is 0 Å². The molecule has 0 atom stereocenters. The van der Waals surface area contributed by atoms with Crippen molar-refractivity contribution in [3.8, 4) is 22.8 Å². The zero-order valence-corrected chi connectivity index (χ0v) is 16.6. The fourth-order valence-electron chi connectivity index (χ4n) is 3.37. The van der Waals surface area contributed by atoms with Crippen molar-refractivity contribution < 1.29 is 18.3 Å². The first kappa shape index (κ1) is 19.2. The van der Waals surface area contributed by atoms with E-state index in [0.29, 0.717) is 11.2 Å². The highest BCUT2D eigenvalue weighted by Gasteiger charge is 2.24. The number of nitrogens with zero attached hydrogens (tertiary/aromatic N) is 3. The molecule has 1 aliphatic carbocycles. The third kappa shape index (κ3) is 3.72. The molecule has 2 aromatic carbocycles. The number of carbonyl (C=O) groups is 1. The zero-order valence-electron chi connectivity index (χ0n) is 16.6. The molecule has 0 radical (unpaired) electrons. The standard InChI is InChI=1S/C23H18F2N4O2/c1-13-11-14(5-8-16(13)23(30)27-15-6-7-15)17-12-26-29-10-9-20(28-22(17)29)31-19-4-2-3-18(24)21(19)25/h2-5,8-12,15H,6-7H2,1H3,(H,27,30). The molecule has 8 heteroatoms. The number of hydrogen-bond acceptors (Lipinski definition) is 4. The van der Waals surface area contributed by atoms with Crippen LogP contribution in [0.25, 0.3) is 16.8 Å². The fraction of sp³-hybridized carbons (Fsp3) is 0.174. The second kappa shape index (κ2) is 7.46. The van der Waals surface area contributed by atoms with Crippen molar-refractivity contribution in [2.75, 3.05) is 0 Å². The van der Waals surface area contributed by atoms with Crippen LogP contribution in [0.5, 0.6) is 11.6 Å². The number of amides is 1. The van der Waals surface area contributed by atoms with Crippen LogP contribution in [-0.4, -0.2) is 26.5 Å². The molecule has 4 aromatic rings. The van der Waals surface area contributed by atoms with Gasteiger partial charge in [-0.3, -0.25) is 4.79 Å². The minimum atomic E-state index is -1.08. The van der Waals surface area contributed by atoms with E-state index in [1.54, 1.807) is 23.0 Å². The Morgan fingerprint density at radius 1 is 1.19 bits per heavy atom. The van der Waals surface area contributed by atoms with Gasteiger partial charge in [0, 0.05) is 29.4 Å². The molecule has 0 unspecified atom stereocenters. The lowest BCUT2D eigenvalue weighted by atomic mass is 10.0. The van der Waals surface area contributed by atoms with E-state index in [2.05, 4.69) is 15.4 Å². The molecule has 1 fully saturated rings. The SMILES string of the molecule is Cc1cc(-c2cnn3ccc(Oc4cccc(F)c4F)nc23)ccc1C(=O)NC1CC1. The summed E-state index contributed by atoms with van der Waals surface area (Å²) >= 11 is 0. The number of rotatable bonds is 5. The molecule has 0 spiro atoms. The minimum Gasteiger partial charge on any atom is -0.436 e. The van der Waals surface area contributed by atoms with Crippen molar-refractivity contribution >= 4 is 11.6 Å². The lowest BCUT2D eigenvalue weighted by Crippen LogP contribution is -2.26. The lowest BCUT2D eigenvalue weighted by Gasteiger charge is -2.09. The topological polar surface area (TPSA) is 68.5 Å². The van der Waals surface area contributed by atoms with Gasteiger partial charge in [-0.15, -0.1) is 0 Å². The van der Waals surface area contributed by atoms with Gasteiger partial charge in [0.15, 0.2) is 17.2 Å². The number of ether oxygens (including phenoxy) is 1. The highest BCUT2D eigenvalue weighted by Crippen LogP contribution is 2.29. The van der Waals surface area contributed by atoms with Crippen molar-refractivity contribution in [1.29, 1.82) is 0 Å². The molecule has 6 nitrogen and oxygen atoms in total. The molecule has 0 saturated heterocycles. The Morgan fingerprint density at radius 2 is 2.03 bits per heavy atom. The van der Waals surface area contributed by atoms with E-state index < -0.39 is 11.6 Å². The molecule has 1 saturated carbocycles. The maximum Gasteiger partial charge on any atom is 0.251 e. The van der Waals surface area contributed by atoms with Crippen LogP contribution in [0.4, 0.5) is 8.78 Å². The molecule has 31 heavy (non-hydrogen) atoms. The molecule has 156 valence electrons. The second-order valence-electron chi connectivity index (χ2n) is 7.52. The number of nitrogens with one attached hydrogen (secondary N) is 1. The molecule has 0 aliphatic heterocycles. The first-order valence-electron chi connectivity index (χ1n) is 9.88. The first-order valence-corrected chi connectivity index (χ1v) is 9.88. The number of carbonyl (C=O) groups excluding carboxylic acids is 1. The number of aromatic nitrogens is 3. The maximum absolute atomic E-state index is 13.9. The molecule has 2 aromatic heterocycles. The van der Waals surface area contributed by atoms with Gasteiger partial charge in [-0.25, -0.2) is 8.91 Å². The summed E-state index contributed by atoms with van der Waals surface area (Å²) in [5, 5.41) is 7.29. The zero-order chi connectivity index (χ0) is 21.5. The van der Waals surface area contributed by atoms with E-state index in [1.807, 2.05) is 19.1 Å². The fourth-order valence-corrected chi connectivity index (χ4v) is 3.37. The largest absolute Gasteiger partial charge is 0.436 e. The predicted molar refractivity (Wildman–Crippen MR) is 110 cm³/mol. The Labute approximate surface area is 176 Å².